The number of nitrogens with zero attached hydrogens (tertiary/aromatic N) is 1. The summed E-state index contributed by atoms with van der Waals surface area (Å²) in [5.74, 6) is 0.844. The Morgan fingerprint density at radius 3 is 2.44 bits per heavy atom. The second-order valence-electron chi connectivity index (χ2n) is 7.34. The first-order valence-corrected chi connectivity index (χ1v) is 9.87. The Kier molecular flexibility index (Phi) is 6.51. The summed E-state index contributed by atoms with van der Waals surface area (Å²) in [4.78, 5) is 15.2. The smallest absolute Gasteiger partial charge is 0.251 e. The lowest BCUT2D eigenvalue weighted by atomic mass is 10.0. The molecule has 1 aliphatic rings. The van der Waals surface area contributed by atoms with Crippen molar-refractivity contribution in [3.63, 3.8) is 0 Å². The summed E-state index contributed by atoms with van der Waals surface area (Å²) in [5.41, 5.74) is 4.17. The van der Waals surface area contributed by atoms with Crippen molar-refractivity contribution in [3.8, 4) is 5.75 Å². The second kappa shape index (κ2) is 9.05. The molecule has 0 unspecified atom stereocenters. The molecule has 144 valence electrons. The van der Waals surface area contributed by atoms with Crippen LogP contribution in [0.4, 0.5) is 0 Å². The van der Waals surface area contributed by atoms with Crippen LogP contribution >= 0.6 is 0 Å². The highest BCUT2D eigenvalue weighted by atomic mass is 16.5. The number of likely N-dealkylation sites (tertiary alicyclic amines) is 1. The normalized spacial score (nSPS) is 15.5. The van der Waals surface area contributed by atoms with Gasteiger partial charge in [-0.3, -0.25) is 9.69 Å². The van der Waals surface area contributed by atoms with Crippen LogP contribution in [-0.4, -0.2) is 31.0 Å². The summed E-state index contributed by atoms with van der Waals surface area (Å²) in [6.07, 6.45) is 3.43. The maximum Gasteiger partial charge on any atom is 0.251 e. The first-order valence-electron chi connectivity index (χ1n) is 9.87. The molecule has 0 radical (unpaired) electrons. The number of ether oxygens (including phenoxy) is 1. The van der Waals surface area contributed by atoms with E-state index >= 15 is 0 Å². The number of methoxy groups -OCH3 is 1. The van der Waals surface area contributed by atoms with E-state index in [4.69, 9.17) is 4.74 Å². The molecule has 1 N–H and O–H groups in total. The predicted octanol–water partition coefficient (Wildman–Crippen LogP) is 4.48. The minimum absolute atomic E-state index is 0.00798. The fraction of sp³-hybridized carbons (Fsp3) is 0.435. The van der Waals surface area contributed by atoms with Crippen LogP contribution in [0.25, 0.3) is 0 Å². The van der Waals surface area contributed by atoms with Crippen molar-refractivity contribution in [1.82, 2.24) is 10.2 Å². The zero-order valence-electron chi connectivity index (χ0n) is 16.6. The number of carbonyl (C=O) groups excluding carboxylic acids is 1. The van der Waals surface area contributed by atoms with Gasteiger partial charge in [0.25, 0.3) is 5.91 Å². The summed E-state index contributed by atoms with van der Waals surface area (Å²) >= 11 is 0. The van der Waals surface area contributed by atoms with Crippen molar-refractivity contribution < 1.29 is 9.53 Å². The molecular formula is C23H30N2O2. The molecule has 1 aliphatic heterocycles. The Labute approximate surface area is 162 Å². The Morgan fingerprint density at radius 1 is 1.15 bits per heavy atom. The first-order chi connectivity index (χ1) is 13.1. The summed E-state index contributed by atoms with van der Waals surface area (Å²) in [7, 11) is 1.68. The molecule has 1 saturated heterocycles. The number of aryl methyl sites for hydroxylation is 1. The van der Waals surface area contributed by atoms with Crippen LogP contribution in [-0.2, 0) is 6.54 Å². The summed E-state index contributed by atoms with van der Waals surface area (Å²) in [6.45, 7) is 7.45. The van der Waals surface area contributed by atoms with Gasteiger partial charge in [-0.15, -0.1) is 0 Å². The molecular weight excluding hydrogens is 336 g/mol. The third-order valence-electron chi connectivity index (χ3n) is 5.36. The molecule has 0 bridgehead atoms. The van der Waals surface area contributed by atoms with Crippen LogP contribution in [0.2, 0.25) is 0 Å². The van der Waals surface area contributed by atoms with Crippen LogP contribution in [0.3, 0.4) is 0 Å². The highest BCUT2D eigenvalue weighted by Crippen LogP contribution is 2.24. The lowest BCUT2D eigenvalue weighted by molar-refractivity contribution is 0.0935. The van der Waals surface area contributed by atoms with Crippen molar-refractivity contribution >= 4 is 5.91 Å². The second-order valence-corrected chi connectivity index (χ2v) is 7.34. The van der Waals surface area contributed by atoms with Crippen molar-refractivity contribution in [2.75, 3.05) is 20.2 Å². The molecule has 3 rings (SSSR count). The van der Waals surface area contributed by atoms with Gasteiger partial charge in [-0.2, -0.15) is 0 Å². The van der Waals surface area contributed by atoms with Crippen LogP contribution in [0.1, 0.15) is 59.3 Å². The van der Waals surface area contributed by atoms with Crippen LogP contribution in [0.15, 0.2) is 42.5 Å². The quantitative estimate of drug-likeness (QED) is 0.785. The molecule has 1 atom stereocenters. The van der Waals surface area contributed by atoms with E-state index in [1.807, 2.05) is 31.2 Å². The Morgan fingerprint density at radius 2 is 1.85 bits per heavy atom. The zero-order valence-corrected chi connectivity index (χ0v) is 16.6. The van der Waals surface area contributed by atoms with Gasteiger partial charge >= 0.3 is 0 Å². The van der Waals surface area contributed by atoms with Crippen molar-refractivity contribution in [2.45, 2.75) is 45.7 Å². The van der Waals surface area contributed by atoms with Crippen molar-refractivity contribution in [3.05, 3.63) is 64.7 Å². The predicted molar refractivity (Wildman–Crippen MR) is 109 cm³/mol. The standard InChI is InChI=1S/C23H30N2O2/c1-4-21(20-11-12-22(27-3)17(2)15-20)24-23(26)19-9-7-18(8-10-19)16-25-13-5-6-14-25/h7-12,15,21H,4-6,13-14,16H2,1-3H3,(H,24,26)/t21-/m1/s1. The average molecular weight is 367 g/mol. The van der Waals surface area contributed by atoms with Gasteiger partial charge in [-0.1, -0.05) is 31.2 Å². The fourth-order valence-electron chi connectivity index (χ4n) is 3.74. The number of hydrogen-bond donors (Lipinski definition) is 1. The Bertz CT molecular complexity index is 764. The van der Waals surface area contributed by atoms with E-state index in [2.05, 4.69) is 35.3 Å². The lowest BCUT2D eigenvalue weighted by Gasteiger charge is -2.19. The SMILES string of the molecule is CC[C@@H](NC(=O)c1ccc(CN2CCCC2)cc1)c1ccc(OC)c(C)c1. The maximum atomic E-state index is 12.7. The topological polar surface area (TPSA) is 41.6 Å². The molecule has 27 heavy (non-hydrogen) atoms. The van der Waals surface area contributed by atoms with Gasteiger partial charge in [-0.05, 0) is 74.2 Å². The van der Waals surface area contributed by atoms with Gasteiger partial charge in [0.2, 0.25) is 0 Å². The van der Waals surface area contributed by atoms with Gasteiger partial charge in [0, 0.05) is 12.1 Å². The molecule has 1 amide bonds. The van der Waals surface area contributed by atoms with E-state index in [0.29, 0.717) is 5.56 Å². The summed E-state index contributed by atoms with van der Waals surface area (Å²) in [6, 6.07) is 14.1. The molecule has 4 heteroatoms. The minimum Gasteiger partial charge on any atom is -0.496 e. The molecule has 0 saturated carbocycles. The lowest BCUT2D eigenvalue weighted by Crippen LogP contribution is -2.28. The molecule has 2 aromatic rings. The van der Waals surface area contributed by atoms with Gasteiger partial charge in [0.1, 0.15) is 5.75 Å². The molecule has 1 fully saturated rings. The van der Waals surface area contributed by atoms with Gasteiger partial charge in [-0.25, -0.2) is 0 Å². The van der Waals surface area contributed by atoms with Gasteiger partial charge < -0.3 is 10.1 Å². The highest BCUT2D eigenvalue weighted by molar-refractivity contribution is 5.94. The van der Waals surface area contributed by atoms with Crippen LogP contribution < -0.4 is 10.1 Å². The monoisotopic (exact) mass is 366 g/mol. The van der Waals surface area contributed by atoms with Gasteiger partial charge in [0.05, 0.1) is 13.2 Å². The molecule has 0 spiro atoms. The Balaban J connectivity index is 1.64. The number of carbonyl (C=O) groups is 1. The molecule has 1 heterocycles. The fourth-order valence-corrected chi connectivity index (χ4v) is 3.74. The molecule has 4 nitrogen and oxygen atoms in total. The number of amides is 1. The van der Waals surface area contributed by atoms with E-state index in [-0.39, 0.29) is 11.9 Å². The van der Waals surface area contributed by atoms with E-state index in [1.165, 1.54) is 31.5 Å². The average Bonchev–Trinajstić information content (AvgIpc) is 3.19. The number of hydrogen-bond acceptors (Lipinski definition) is 3. The minimum atomic E-state index is -0.0250. The van der Waals surface area contributed by atoms with Crippen molar-refractivity contribution in [1.29, 1.82) is 0 Å². The van der Waals surface area contributed by atoms with Crippen LogP contribution in [0.5, 0.6) is 5.75 Å². The van der Waals surface area contributed by atoms with E-state index in [1.54, 1.807) is 7.11 Å². The summed E-state index contributed by atoms with van der Waals surface area (Å²) in [5, 5.41) is 3.17. The largest absolute Gasteiger partial charge is 0.496 e. The van der Waals surface area contributed by atoms with Crippen molar-refractivity contribution in [2.24, 2.45) is 0 Å². The van der Waals surface area contributed by atoms with Crippen LogP contribution in [0, 0.1) is 6.92 Å². The number of benzene rings is 2. The highest BCUT2D eigenvalue weighted by Gasteiger charge is 2.16. The van der Waals surface area contributed by atoms with E-state index in [0.717, 1.165) is 29.8 Å². The molecule has 2 aromatic carbocycles. The first kappa shape index (κ1) is 19.4. The molecule has 0 aromatic heterocycles. The third kappa shape index (κ3) is 4.89. The number of nitrogens with one attached hydrogen (secondary N) is 1. The van der Waals surface area contributed by atoms with E-state index < -0.39 is 0 Å². The molecule has 0 aliphatic carbocycles. The Hall–Kier alpha value is -2.33. The van der Waals surface area contributed by atoms with Gasteiger partial charge in [0.15, 0.2) is 0 Å². The third-order valence-corrected chi connectivity index (χ3v) is 5.36. The number of rotatable bonds is 7. The zero-order chi connectivity index (χ0) is 19.2. The summed E-state index contributed by atoms with van der Waals surface area (Å²) < 4.78 is 5.33. The maximum absolute atomic E-state index is 12.7. The van der Waals surface area contributed by atoms with E-state index in [9.17, 15) is 4.79 Å².